The number of hydrogen-bond donors (Lipinski definition) is 2. The number of hydrogen-bond acceptors (Lipinski definition) is 6. The van der Waals surface area contributed by atoms with Crippen LogP contribution in [-0.4, -0.2) is 60.7 Å². The molecule has 3 heterocycles. The van der Waals surface area contributed by atoms with Gasteiger partial charge in [0.1, 0.15) is 12.6 Å². The normalized spacial score (nSPS) is 22.3. The Morgan fingerprint density at radius 1 is 1.11 bits per heavy atom. The number of hydrazine groups is 1. The van der Waals surface area contributed by atoms with Crippen LogP contribution >= 0.6 is 0 Å². The van der Waals surface area contributed by atoms with Gasteiger partial charge in [-0.05, 0) is 30.7 Å². The van der Waals surface area contributed by atoms with E-state index in [1.807, 2.05) is 17.0 Å². The lowest BCUT2D eigenvalue weighted by Crippen LogP contribution is -2.53. The van der Waals surface area contributed by atoms with E-state index >= 15 is 0 Å². The number of ether oxygens (including phenoxy) is 1. The van der Waals surface area contributed by atoms with E-state index in [0.717, 1.165) is 18.8 Å². The molecule has 7 nitrogen and oxygen atoms in total. The van der Waals surface area contributed by atoms with Crippen LogP contribution < -0.4 is 20.5 Å². The predicted molar refractivity (Wildman–Crippen MR) is 103 cm³/mol. The molecule has 0 aliphatic carbocycles. The summed E-state index contributed by atoms with van der Waals surface area (Å²) in [6.07, 6.45) is 4.17. The van der Waals surface area contributed by atoms with E-state index < -0.39 is 0 Å². The zero-order valence-corrected chi connectivity index (χ0v) is 15.6. The van der Waals surface area contributed by atoms with Crippen molar-refractivity contribution >= 4 is 11.6 Å². The molecule has 1 amide bonds. The average molecular weight is 385 g/mol. The standard InChI is InChI=1S/C20H24FN5O2/c21-17-3-1-2-4-19(17)28-14-15-13-18(24-23-15)20(27)26-11-9-25(10-12-26)16-5-7-22-8-6-16/h1-8,15,18,23-24H,9-14H2. The number of piperazine rings is 1. The number of nitrogens with zero attached hydrogens (tertiary/aromatic N) is 3. The molecule has 2 aliphatic heterocycles. The number of aromatic nitrogens is 1. The monoisotopic (exact) mass is 385 g/mol. The molecule has 4 rings (SSSR count). The molecule has 2 fully saturated rings. The van der Waals surface area contributed by atoms with Gasteiger partial charge in [0.05, 0.1) is 6.04 Å². The molecule has 2 saturated heterocycles. The maximum Gasteiger partial charge on any atom is 0.241 e. The molecule has 8 heteroatoms. The minimum atomic E-state index is -0.381. The zero-order chi connectivity index (χ0) is 19.3. The summed E-state index contributed by atoms with van der Waals surface area (Å²) in [6.45, 7) is 3.28. The SMILES string of the molecule is O=C(C1CC(COc2ccccc2F)NN1)N1CCN(c2ccncc2)CC1. The van der Waals surface area contributed by atoms with Crippen molar-refractivity contribution in [3.05, 3.63) is 54.6 Å². The third kappa shape index (κ3) is 4.23. The summed E-state index contributed by atoms with van der Waals surface area (Å²) >= 11 is 0. The van der Waals surface area contributed by atoms with Crippen molar-refractivity contribution in [3.8, 4) is 5.75 Å². The maximum absolute atomic E-state index is 13.6. The first-order valence-corrected chi connectivity index (χ1v) is 9.53. The van der Waals surface area contributed by atoms with Crippen molar-refractivity contribution < 1.29 is 13.9 Å². The molecule has 28 heavy (non-hydrogen) atoms. The van der Waals surface area contributed by atoms with Gasteiger partial charge in [-0.25, -0.2) is 9.82 Å². The van der Waals surface area contributed by atoms with E-state index in [9.17, 15) is 9.18 Å². The van der Waals surface area contributed by atoms with Crippen LogP contribution in [0.2, 0.25) is 0 Å². The summed E-state index contributed by atoms with van der Waals surface area (Å²) in [5.74, 6) is -0.0604. The highest BCUT2D eigenvalue weighted by Gasteiger charge is 2.33. The van der Waals surface area contributed by atoms with Gasteiger partial charge in [-0.15, -0.1) is 0 Å². The largest absolute Gasteiger partial charge is 0.489 e. The number of nitrogens with one attached hydrogen (secondary N) is 2. The molecule has 148 valence electrons. The maximum atomic E-state index is 13.6. The Bertz CT molecular complexity index is 798. The van der Waals surface area contributed by atoms with Crippen molar-refractivity contribution in [2.45, 2.75) is 18.5 Å². The molecule has 0 bridgehead atoms. The number of carbonyl (C=O) groups excluding carboxylic acids is 1. The molecule has 1 aromatic carbocycles. The summed E-state index contributed by atoms with van der Waals surface area (Å²) < 4.78 is 19.2. The summed E-state index contributed by atoms with van der Waals surface area (Å²) in [4.78, 5) is 21.0. The van der Waals surface area contributed by atoms with Crippen LogP contribution in [0.15, 0.2) is 48.8 Å². The second kappa shape index (κ2) is 8.53. The van der Waals surface area contributed by atoms with Crippen molar-refractivity contribution in [2.75, 3.05) is 37.7 Å². The van der Waals surface area contributed by atoms with Crippen LogP contribution in [0, 0.1) is 5.82 Å². The Hall–Kier alpha value is -2.71. The van der Waals surface area contributed by atoms with Crippen LogP contribution in [0.25, 0.3) is 0 Å². The second-order valence-electron chi connectivity index (χ2n) is 7.03. The molecule has 2 aliphatic rings. The first kappa shape index (κ1) is 18.6. The highest BCUT2D eigenvalue weighted by Crippen LogP contribution is 2.18. The molecule has 1 aromatic heterocycles. The molecule has 2 atom stereocenters. The topological polar surface area (TPSA) is 69.7 Å². The molecule has 2 unspecified atom stereocenters. The molecular formula is C20H24FN5O2. The van der Waals surface area contributed by atoms with Crippen LogP contribution in [-0.2, 0) is 4.79 Å². The fourth-order valence-electron chi connectivity index (χ4n) is 3.61. The van der Waals surface area contributed by atoms with Crippen molar-refractivity contribution in [1.29, 1.82) is 0 Å². The highest BCUT2D eigenvalue weighted by molar-refractivity contribution is 5.82. The lowest BCUT2D eigenvalue weighted by Gasteiger charge is -2.37. The van der Waals surface area contributed by atoms with Crippen LogP contribution in [0.5, 0.6) is 5.75 Å². The molecule has 2 N–H and O–H groups in total. The van der Waals surface area contributed by atoms with E-state index in [2.05, 4.69) is 20.7 Å². The minimum Gasteiger partial charge on any atom is -0.489 e. The van der Waals surface area contributed by atoms with Crippen LogP contribution in [0.1, 0.15) is 6.42 Å². The van der Waals surface area contributed by atoms with Gasteiger partial charge in [0.15, 0.2) is 11.6 Å². The second-order valence-corrected chi connectivity index (χ2v) is 7.03. The van der Waals surface area contributed by atoms with Gasteiger partial charge in [-0.1, -0.05) is 12.1 Å². The van der Waals surface area contributed by atoms with E-state index in [-0.39, 0.29) is 29.6 Å². The minimum absolute atomic E-state index is 0.0494. The Morgan fingerprint density at radius 2 is 1.86 bits per heavy atom. The number of carbonyl (C=O) groups is 1. The number of benzene rings is 1. The third-order valence-electron chi connectivity index (χ3n) is 5.18. The Morgan fingerprint density at radius 3 is 2.61 bits per heavy atom. The summed E-state index contributed by atoms with van der Waals surface area (Å²) in [5.41, 5.74) is 7.28. The van der Waals surface area contributed by atoms with Gasteiger partial charge < -0.3 is 14.5 Å². The summed E-state index contributed by atoms with van der Waals surface area (Å²) in [6, 6.07) is 9.96. The van der Waals surface area contributed by atoms with Crippen LogP contribution in [0.4, 0.5) is 10.1 Å². The van der Waals surface area contributed by atoms with Gasteiger partial charge in [-0.3, -0.25) is 15.2 Å². The van der Waals surface area contributed by atoms with Crippen LogP contribution in [0.3, 0.4) is 0 Å². The van der Waals surface area contributed by atoms with E-state index in [4.69, 9.17) is 4.74 Å². The fourth-order valence-corrected chi connectivity index (χ4v) is 3.61. The molecular weight excluding hydrogens is 361 g/mol. The summed E-state index contributed by atoms with van der Waals surface area (Å²) in [5, 5.41) is 0. The Balaban J connectivity index is 1.24. The number of anilines is 1. The molecule has 0 spiro atoms. The molecule has 0 radical (unpaired) electrons. The first-order chi connectivity index (χ1) is 13.7. The third-order valence-corrected chi connectivity index (χ3v) is 5.18. The van der Waals surface area contributed by atoms with Gasteiger partial charge in [0.2, 0.25) is 5.91 Å². The van der Waals surface area contributed by atoms with Gasteiger partial charge >= 0.3 is 0 Å². The smallest absolute Gasteiger partial charge is 0.241 e. The lowest BCUT2D eigenvalue weighted by molar-refractivity contribution is -0.133. The number of rotatable bonds is 5. The van der Waals surface area contributed by atoms with Gasteiger partial charge in [-0.2, -0.15) is 0 Å². The van der Waals surface area contributed by atoms with Crippen molar-refractivity contribution in [1.82, 2.24) is 20.7 Å². The number of pyridine rings is 1. The van der Waals surface area contributed by atoms with Gasteiger partial charge in [0, 0.05) is 44.3 Å². The predicted octanol–water partition coefficient (Wildman–Crippen LogP) is 1.18. The number of amides is 1. The average Bonchev–Trinajstić information content (AvgIpc) is 3.22. The molecule has 2 aromatic rings. The van der Waals surface area contributed by atoms with Crippen molar-refractivity contribution in [3.63, 3.8) is 0 Å². The Kier molecular flexibility index (Phi) is 5.68. The number of para-hydroxylation sites is 1. The highest BCUT2D eigenvalue weighted by atomic mass is 19.1. The molecule has 0 saturated carbocycles. The first-order valence-electron chi connectivity index (χ1n) is 9.53. The fraction of sp³-hybridized carbons (Fsp3) is 0.400. The zero-order valence-electron chi connectivity index (χ0n) is 15.6. The van der Waals surface area contributed by atoms with E-state index in [1.165, 1.54) is 6.07 Å². The van der Waals surface area contributed by atoms with E-state index in [0.29, 0.717) is 26.1 Å². The van der Waals surface area contributed by atoms with E-state index in [1.54, 1.807) is 30.6 Å². The number of halogens is 1. The Labute approximate surface area is 163 Å². The van der Waals surface area contributed by atoms with Crippen molar-refractivity contribution in [2.24, 2.45) is 0 Å². The quantitative estimate of drug-likeness (QED) is 0.806. The summed E-state index contributed by atoms with van der Waals surface area (Å²) in [7, 11) is 0. The van der Waals surface area contributed by atoms with Gasteiger partial charge in [0.25, 0.3) is 0 Å². The lowest BCUT2D eigenvalue weighted by atomic mass is 10.1.